The molecule has 0 aliphatic heterocycles. The van der Waals surface area contributed by atoms with E-state index in [9.17, 15) is 14.4 Å². The fraction of sp³-hybridized carbons (Fsp3) is 0.945. The summed E-state index contributed by atoms with van der Waals surface area (Å²) in [4.78, 5) is 31.0. The topological polar surface area (TPSA) is 112 Å². The molecule has 0 aliphatic rings. The first-order valence-electron chi connectivity index (χ1n) is 27.5. The van der Waals surface area contributed by atoms with E-state index in [0.717, 1.165) is 38.5 Å². The molecular weight excluding hydrogens is 757 g/mol. The molecule has 0 amide bonds. The van der Waals surface area contributed by atoms with Crippen molar-refractivity contribution in [3.8, 4) is 0 Å². The van der Waals surface area contributed by atoms with Crippen LogP contribution in [0.5, 0.6) is 0 Å². The number of aliphatic carboxylic acids is 3. The molecule has 0 spiro atoms. The van der Waals surface area contributed by atoms with Gasteiger partial charge in [0.25, 0.3) is 0 Å². The van der Waals surface area contributed by atoms with Gasteiger partial charge in [0.2, 0.25) is 0 Å². The van der Waals surface area contributed by atoms with Crippen LogP contribution < -0.4 is 0 Å². The second-order valence-electron chi connectivity index (χ2n) is 18.6. The summed E-state index contributed by atoms with van der Waals surface area (Å²) in [5.74, 6) is -1.96. The lowest BCUT2D eigenvalue weighted by Crippen LogP contribution is -1.93. The molecule has 0 atom stereocenters. The maximum absolute atomic E-state index is 10.3. The number of carboxylic acid groups (broad SMARTS) is 3. The van der Waals surface area contributed by atoms with Gasteiger partial charge >= 0.3 is 17.9 Å². The average molecular weight is 867 g/mol. The van der Waals surface area contributed by atoms with Crippen molar-refractivity contribution in [3.05, 3.63) is 0 Å². The van der Waals surface area contributed by atoms with Gasteiger partial charge in [-0.3, -0.25) is 14.4 Å². The minimum Gasteiger partial charge on any atom is -0.481 e. The van der Waals surface area contributed by atoms with Crippen LogP contribution in [0.15, 0.2) is 0 Å². The molecule has 0 heterocycles. The van der Waals surface area contributed by atoms with Gasteiger partial charge in [0.05, 0.1) is 0 Å². The quantitative estimate of drug-likeness (QED) is 0.0525. The molecule has 0 aromatic carbocycles. The first kappa shape index (κ1) is 63.7. The van der Waals surface area contributed by atoms with E-state index in [1.54, 1.807) is 0 Å². The second-order valence-corrected chi connectivity index (χ2v) is 18.6. The molecule has 0 aliphatic carbocycles. The lowest BCUT2D eigenvalue weighted by molar-refractivity contribution is -0.138. The highest BCUT2D eigenvalue weighted by atomic mass is 16.4. The molecule has 3 N–H and O–H groups in total. The van der Waals surface area contributed by atoms with Crippen LogP contribution in [0.2, 0.25) is 0 Å². The molecule has 6 nitrogen and oxygen atoms in total. The van der Waals surface area contributed by atoms with Crippen LogP contribution in [0.3, 0.4) is 0 Å². The highest BCUT2D eigenvalue weighted by Gasteiger charge is 2.00. The molecule has 61 heavy (non-hydrogen) atoms. The van der Waals surface area contributed by atoms with E-state index < -0.39 is 17.9 Å². The third kappa shape index (κ3) is 73.1. The molecule has 0 aromatic rings. The maximum Gasteiger partial charge on any atom is 0.303 e. The Hall–Kier alpha value is -1.59. The summed E-state index contributed by atoms with van der Waals surface area (Å²) in [7, 11) is 0. The van der Waals surface area contributed by atoms with Crippen molar-refractivity contribution in [3.63, 3.8) is 0 Å². The number of hydrogen-bond donors (Lipinski definition) is 3. The third-order valence-corrected chi connectivity index (χ3v) is 12.2. The van der Waals surface area contributed by atoms with Gasteiger partial charge in [-0.05, 0) is 19.3 Å². The molecule has 0 rings (SSSR count). The van der Waals surface area contributed by atoms with Gasteiger partial charge in [0, 0.05) is 19.3 Å². The summed E-state index contributed by atoms with van der Waals surface area (Å²) in [5.41, 5.74) is 0. The Balaban J connectivity index is -0.000000828. The van der Waals surface area contributed by atoms with Gasteiger partial charge in [0.1, 0.15) is 0 Å². The normalized spacial score (nSPS) is 10.9. The van der Waals surface area contributed by atoms with E-state index in [4.69, 9.17) is 15.3 Å². The van der Waals surface area contributed by atoms with E-state index in [1.165, 1.54) is 257 Å². The van der Waals surface area contributed by atoms with E-state index >= 15 is 0 Å². The van der Waals surface area contributed by atoms with Crippen molar-refractivity contribution in [1.29, 1.82) is 0 Å². The minimum absolute atomic E-state index is 0.345. The van der Waals surface area contributed by atoms with E-state index in [0.29, 0.717) is 19.3 Å². The summed E-state index contributed by atoms with van der Waals surface area (Å²) < 4.78 is 0. The molecule has 0 radical (unpaired) electrons. The largest absolute Gasteiger partial charge is 0.481 e. The molecule has 0 saturated carbocycles. The van der Waals surface area contributed by atoms with Crippen molar-refractivity contribution in [2.45, 2.75) is 335 Å². The van der Waals surface area contributed by atoms with Crippen molar-refractivity contribution < 1.29 is 29.7 Å². The van der Waals surface area contributed by atoms with Crippen LogP contribution in [0.4, 0.5) is 0 Å². The summed E-state index contributed by atoms with van der Waals surface area (Å²) in [6.07, 6.45) is 62.1. The second kappa shape index (κ2) is 60.5. The van der Waals surface area contributed by atoms with Gasteiger partial charge in [-0.1, -0.05) is 297 Å². The Morgan fingerprint density at radius 2 is 0.295 bits per heavy atom. The highest BCUT2D eigenvalue weighted by molar-refractivity contribution is 5.67. The Morgan fingerprint density at radius 1 is 0.197 bits per heavy atom. The SMILES string of the molecule is CCCCCCCCCCCCCCCCCC(=O)O.CCCCCCCCCCCCCCCCCC(=O)O.CCCCCCCCCCCCCCCCCCC(=O)O. The fourth-order valence-corrected chi connectivity index (χ4v) is 8.12. The van der Waals surface area contributed by atoms with Crippen LogP contribution in [0, 0.1) is 0 Å². The van der Waals surface area contributed by atoms with Crippen LogP contribution >= 0.6 is 0 Å². The summed E-state index contributed by atoms with van der Waals surface area (Å²) in [5, 5.41) is 25.6. The molecule has 0 bridgehead atoms. The summed E-state index contributed by atoms with van der Waals surface area (Å²) in [6.45, 7) is 6.81. The van der Waals surface area contributed by atoms with Crippen molar-refractivity contribution in [1.82, 2.24) is 0 Å². The molecule has 0 fully saturated rings. The third-order valence-electron chi connectivity index (χ3n) is 12.2. The van der Waals surface area contributed by atoms with Crippen LogP contribution in [-0.2, 0) is 14.4 Å². The number of unbranched alkanes of at least 4 members (excludes halogenated alkanes) is 43. The molecule has 0 aromatic heterocycles. The summed E-state index contributed by atoms with van der Waals surface area (Å²) >= 11 is 0. The standard InChI is InChI=1S/C19H38O2.2C18H36O2/c1-2-3-4-5-6-7-8-9-10-11-12-13-14-15-16-17-18-19(20)21;2*1-2-3-4-5-6-7-8-9-10-11-12-13-14-15-16-17-18(19)20/h2-18H2,1H3,(H,20,21);2*2-17H2,1H3,(H,19,20). The molecule has 0 saturated heterocycles. The van der Waals surface area contributed by atoms with Crippen molar-refractivity contribution >= 4 is 17.9 Å². The van der Waals surface area contributed by atoms with Crippen LogP contribution in [0.25, 0.3) is 0 Å². The van der Waals surface area contributed by atoms with Gasteiger partial charge in [-0.15, -0.1) is 0 Å². The van der Waals surface area contributed by atoms with E-state index in [1.807, 2.05) is 0 Å². The monoisotopic (exact) mass is 867 g/mol. The molecule has 366 valence electrons. The number of carbonyl (C=O) groups is 3. The highest BCUT2D eigenvalue weighted by Crippen LogP contribution is 2.17. The molecule has 0 unspecified atom stereocenters. The number of rotatable bonds is 49. The Bertz CT molecular complexity index is 785. The lowest BCUT2D eigenvalue weighted by Gasteiger charge is -2.03. The van der Waals surface area contributed by atoms with Gasteiger partial charge in [0.15, 0.2) is 0 Å². The van der Waals surface area contributed by atoms with Crippen molar-refractivity contribution in [2.24, 2.45) is 0 Å². The van der Waals surface area contributed by atoms with E-state index in [-0.39, 0.29) is 0 Å². The maximum atomic E-state index is 10.3. The minimum atomic E-state index is -0.653. The lowest BCUT2D eigenvalue weighted by atomic mass is 10.0. The average Bonchev–Trinajstić information content (AvgIpc) is 3.23. The van der Waals surface area contributed by atoms with E-state index in [2.05, 4.69) is 20.8 Å². The predicted molar refractivity (Wildman–Crippen MR) is 266 cm³/mol. The first-order chi connectivity index (χ1) is 29.8. The first-order valence-corrected chi connectivity index (χ1v) is 27.5. The zero-order chi connectivity index (χ0) is 45.4. The zero-order valence-electron chi connectivity index (χ0n) is 41.7. The zero-order valence-corrected chi connectivity index (χ0v) is 41.7. The Kier molecular flexibility index (Phi) is 63.2. The summed E-state index contributed by atoms with van der Waals surface area (Å²) in [6, 6.07) is 0. The smallest absolute Gasteiger partial charge is 0.303 e. The Labute approximate surface area is 381 Å². The Morgan fingerprint density at radius 3 is 0.393 bits per heavy atom. The van der Waals surface area contributed by atoms with Crippen molar-refractivity contribution in [2.75, 3.05) is 0 Å². The van der Waals surface area contributed by atoms with Gasteiger partial charge in [-0.2, -0.15) is 0 Å². The van der Waals surface area contributed by atoms with Crippen LogP contribution in [0.1, 0.15) is 335 Å². The predicted octanol–water partition coefficient (Wildman–Crippen LogP) is 19.4. The fourth-order valence-electron chi connectivity index (χ4n) is 8.12. The van der Waals surface area contributed by atoms with Gasteiger partial charge in [-0.25, -0.2) is 0 Å². The number of carboxylic acids is 3. The molecule has 6 heteroatoms. The molecular formula is C55H110O6. The number of hydrogen-bond acceptors (Lipinski definition) is 3. The van der Waals surface area contributed by atoms with Gasteiger partial charge < -0.3 is 15.3 Å². The van der Waals surface area contributed by atoms with Crippen LogP contribution in [-0.4, -0.2) is 33.2 Å².